The third kappa shape index (κ3) is 2.87. The van der Waals surface area contributed by atoms with Crippen molar-refractivity contribution in [3.05, 3.63) is 36.4 Å². The maximum absolute atomic E-state index is 5.43. The Morgan fingerprint density at radius 1 is 0.893 bits per heavy atom. The predicted octanol–water partition coefficient (Wildman–Crippen LogP) is 4.99. The van der Waals surface area contributed by atoms with Gasteiger partial charge in [0.2, 0.25) is 0 Å². The number of anilines is 3. The highest BCUT2D eigenvalue weighted by molar-refractivity contribution is 7.99. The summed E-state index contributed by atoms with van der Waals surface area (Å²) < 4.78 is 5.43. The second-order valence-corrected chi connectivity index (χ2v) is 9.47. The Bertz CT molecular complexity index is 891. The number of rotatable bonds is 2. The fraction of sp³-hybridized carbons (Fsp3) is 0.478. The van der Waals surface area contributed by atoms with Crippen LogP contribution in [0.3, 0.4) is 0 Å². The van der Waals surface area contributed by atoms with Gasteiger partial charge in [-0.1, -0.05) is 11.8 Å². The van der Waals surface area contributed by atoms with Crippen LogP contribution in [0.4, 0.5) is 17.1 Å². The maximum Gasteiger partial charge on any atom is 0.120 e. The minimum absolute atomic E-state index is 0.467. The van der Waals surface area contributed by atoms with Crippen LogP contribution in [0.25, 0.3) is 0 Å². The van der Waals surface area contributed by atoms with E-state index in [1.165, 1.54) is 59.1 Å². The minimum atomic E-state index is 0.467. The van der Waals surface area contributed by atoms with Crippen LogP contribution >= 0.6 is 11.8 Å². The Morgan fingerprint density at radius 2 is 1.61 bits per heavy atom. The van der Waals surface area contributed by atoms with Crippen molar-refractivity contribution in [2.45, 2.75) is 41.0 Å². The average molecular weight is 396 g/mol. The van der Waals surface area contributed by atoms with Gasteiger partial charge in [-0.15, -0.1) is 0 Å². The predicted molar refractivity (Wildman–Crippen MR) is 118 cm³/mol. The number of ether oxygens (including phenoxy) is 1. The summed E-state index contributed by atoms with van der Waals surface area (Å²) in [6, 6.07) is 13.3. The molecule has 1 spiro atoms. The molecule has 3 aliphatic heterocycles. The van der Waals surface area contributed by atoms with Crippen LogP contribution in [0.2, 0.25) is 0 Å². The van der Waals surface area contributed by atoms with Gasteiger partial charge in [-0.05, 0) is 75.7 Å². The second-order valence-electron chi connectivity index (χ2n) is 8.38. The van der Waals surface area contributed by atoms with E-state index >= 15 is 0 Å². The number of methoxy groups -OCH3 is 1. The Hall–Kier alpha value is -1.85. The van der Waals surface area contributed by atoms with Crippen molar-refractivity contribution >= 4 is 28.8 Å². The topological polar surface area (TPSA) is 19.0 Å². The smallest absolute Gasteiger partial charge is 0.120 e. The van der Waals surface area contributed by atoms with E-state index in [4.69, 9.17) is 4.74 Å². The molecule has 28 heavy (non-hydrogen) atoms. The van der Waals surface area contributed by atoms with Gasteiger partial charge in [0.15, 0.2) is 0 Å². The Morgan fingerprint density at radius 3 is 2.29 bits per heavy atom. The summed E-state index contributed by atoms with van der Waals surface area (Å²) in [5, 5.41) is 0. The van der Waals surface area contributed by atoms with Gasteiger partial charge >= 0.3 is 0 Å². The standard InChI is InChI=1S/C23H29N3OS/c1-24-12-4-9-23(24)10-13-26(14-11-23)17-5-7-19-21(15-17)28-22-16-18(27-3)6-8-20(22)25(19)2/h5-8,15-16H,4,9-14H2,1-3H3. The highest BCUT2D eigenvalue weighted by atomic mass is 32.2. The quantitative estimate of drug-likeness (QED) is 0.711. The van der Waals surface area contributed by atoms with E-state index in [-0.39, 0.29) is 0 Å². The molecule has 0 bridgehead atoms. The Balaban J connectivity index is 1.38. The van der Waals surface area contributed by atoms with Crippen LogP contribution in [0.5, 0.6) is 5.75 Å². The van der Waals surface area contributed by atoms with Crippen LogP contribution in [0.1, 0.15) is 25.7 Å². The zero-order chi connectivity index (χ0) is 19.3. The van der Waals surface area contributed by atoms with E-state index in [9.17, 15) is 0 Å². The molecule has 0 aromatic heterocycles. The highest BCUT2D eigenvalue weighted by Gasteiger charge is 2.41. The lowest BCUT2D eigenvalue weighted by molar-refractivity contribution is 0.137. The third-order valence-corrected chi connectivity index (χ3v) is 8.15. The average Bonchev–Trinajstić information content (AvgIpc) is 3.07. The number of fused-ring (bicyclic) bond motifs is 2. The van der Waals surface area contributed by atoms with Gasteiger partial charge in [0.25, 0.3) is 0 Å². The molecule has 0 amide bonds. The van der Waals surface area contributed by atoms with Gasteiger partial charge in [-0.3, -0.25) is 0 Å². The Kier molecular flexibility index (Phi) is 4.48. The van der Waals surface area contributed by atoms with E-state index < -0.39 is 0 Å². The second kappa shape index (κ2) is 6.89. The van der Waals surface area contributed by atoms with Crippen molar-refractivity contribution in [3.63, 3.8) is 0 Å². The van der Waals surface area contributed by atoms with Crippen LogP contribution in [-0.2, 0) is 0 Å². The fourth-order valence-corrected chi connectivity index (χ4v) is 6.38. The molecule has 0 unspecified atom stereocenters. The number of nitrogens with zero attached hydrogens (tertiary/aromatic N) is 3. The van der Waals surface area contributed by atoms with Gasteiger partial charge < -0.3 is 19.4 Å². The monoisotopic (exact) mass is 395 g/mol. The number of hydrogen-bond donors (Lipinski definition) is 0. The lowest BCUT2D eigenvalue weighted by atomic mass is 9.85. The van der Waals surface area contributed by atoms with E-state index in [2.05, 4.69) is 59.1 Å². The lowest BCUT2D eigenvalue weighted by Gasteiger charge is -2.44. The molecule has 3 heterocycles. The summed E-state index contributed by atoms with van der Waals surface area (Å²) >= 11 is 1.86. The summed E-state index contributed by atoms with van der Waals surface area (Å²) in [6.45, 7) is 3.59. The van der Waals surface area contributed by atoms with Crippen LogP contribution in [0.15, 0.2) is 46.2 Å². The van der Waals surface area contributed by atoms with Crippen LogP contribution in [-0.4, -0.2) is 51.3 Å². The van der Waals surface area contributed by atoms with Crippen molar-refractivity contribution in [2.24, 2.45) is 0 Å². The van der Waals surface area contributed by atoms with Gasteiger partial charge in [0, 0.05) is 41.2 Å². The molecule has 0 N–H and O–H groups in total. The van der Waals surface area contributed by atoms with E-state index in [1.54, 1.807) is 7.11 Å². The molecule has 148 valence electrons. The van der Waals surface area contributed by atoms with E-state index in [0.717, 1.165) is 18.8 Å². The summed E-state index contributed by atoms with van der Waals surface area (Å²) in [7, 11) is 6.21. The molecule has 5 heteroatoms. The molecule has 0 aliphatic carbocycles. The minimum Gasteiger partial charge on any atom is -0.497 e. The van der Waals surface area contributed by atoms with Crippen molar-refractivity contribution in [1.29, 1.82) is 0 Å². The normalized spacial score (nSPS) is 21.0. The summed E-state index contributed by atoms with van der Waals surface area (Å²) in [4.78, 5) is 10.1. The summed E-state index contributed by atoms with van der Waals surface area (Å²) in [6.07, 6.45) is 5.31. The molecule has 3 aliphatic rings. The van der Waals surface area contributed by atoms with E-state index in [1.807, 2.05) is 17.8 Å². The van der Waals surface area contributed by atoms with Gasteiger partial charge in [-0.25, -0.2) is 0 Å². The summed E-state index contributed by atoms with van der Waals surface area (Å²) in [5.74, 6) is 0.918. The molecule has 2 fully saturated rings. The maximum atomic E-state index is 5.43. The fourth-order valence-electron chi connectivity index (χ4n) is 5.17. The summed E-state index contributed by atoms with van der Waals surface area (Å²) in [5.41, 5.74) is 4.36. The van der Waals surface area contributed by atoms with Crippen LogP contribution in [0, 0.1) is 0 Å². The lowest BCUT2D eigenvalue weighted by Crippen LogP contribution is -2.50. The van der Waals surface area contributed by atoms with Gasteiger partial charge in [0.05, 0.1) is 18.5 Å². The Labute approximate surface area is 172 Å². The molecule has 2 saturated heterocycles. The molecule has 5 rings (SSSR count). The first-order chi connectivity index (χ1) is 13.6. The number of benzene rings is 2. The molecule has 4 nitrogen and oxygen atoms in total. The first-order valence-electron chi connectivity index (χ1n) is 10.3. The highest BCUT2D eigenvalue weighted by Crippen LogP contribution is 2.49. The van der Waals surface area contributed by atoms with E-state index in [0.29, 0.717) is 5.54 Å². The molecular formula is C23H29N3OS. The molecule has 0 saturated carbocycles. The van der Waals surface area contributed by atoms with Crippen LogP contribution < -0.4 is 14.5 Å². The molecule has 2 aromatic carbocycles. The van der Waals surface area contributed by atoms with Crippen molar-refractivity contribution in [1.82, 2.24) is 4.90 Å². The largest absolute Gasteiger partial charge is 0.497 e. The SMILES string of the molecule is COc1ccc2c(c1)Sc1cc(N3CCC4(CCCN4C)CC3)ccc1N2C. The number of piperidine rings is 1. The molecule has 0 atom stereocenters. The van der Waals surface area contributed by atoms with Gasteiger partial charge in [-0.2, -0.15) is 0 Å². The van der Waals surface area contributed by atoms with Gasteiger partial charge in [0.1, 0.15) is 5.75 Å². The first kappa shape index (κ1) is 18.2. The zero-order valence-electron chi connectivity index (χ0n) is 17.1. The van der Waals surface area contributed by atoms with Crippen molar-refractivity contribution in [2.75, 3.05) is 50.6 Å². The molecule has 0 radical (unpaired) electrons. The third-order valence-electron chi connectivity index (χ3n) is 7.06. The zero-order valence-corrected chi connectivity index (χ0v) is 17.9. The molecule has 2 aromatic rings. The van der Waals surface area contributed by atoms with Crippen molar-refractivity contribution in [3.8, 4) is 5.75 Å². The first-order valence-corrected chi connectivity index (χ1v) is 11.1. The molecular weight excluding hydrogens is 366 g/mol. The van der Waals surface area contributed by atoms with Crippen molar-refractivity contribution < 1.29 is 4.74 Å². The number of likely N-dealkylation sites (tertiary alicyclic amines) is 1. The number of hydrogen-bond acceptors (Lipinski definition) is 5.